The molecule has 0 saturated heterocycles. The van der Waals surface area contributed by atoms with E-state index in [0.29, 0.717) is 17.0 Å². The zero-order valence-corrected chi connectivity index (χ0v) is 15.9. The molecule has 6 nitrogen and oxygen atoms in total. The van der Waals surface area contributed by atoms with Gasteiger partial charge in [-0.25, -0.2) is 4.79 Å². The quantitative estimate of drug-likeness (QED) is 0.414. The molecule has 0 unspecified atom stereocenters. The van der Waals surface area contributed by atoms with Crippen molar-refractivity contribution in [2.45, 2.75) is 12.9 Å². The Hall–Kier alpha value is -3.88. The van der Waals surface area contributed by atoms with E-state index in [2.05, 4.69) is 4.74 Å². The average Bonchev–Trinajstić information content (AvgIpc) is 3.36. The standard InChI is InChI=1S/C22H16F3NO5/c23-22(24,25)31-17-6-4-16(5-7-17)29-11-9-26-18-8-3-14(20-2-1-10-30-20)12-15(18)13-19(26)21(27)28/h1-8,10,12-13H,9,11H2,(H,27,28). The lowest BCUT2D eigenvalue weighted by Gasteiger charge is -2.12. The minimum atomic E-state index is -4.76. The van der Waals surface area contributed by atoms with Crippen LogP contribution in [0.1, 0.15) is 10.5 Å². The largest absolute Gasteiger partial charge is 0.573 e. The minimum Gasteiger partial charge on any atom is -0.492 e. The summed E-state index contributed by atoms with van der Waals surface area (Å²) in [5.74, 6) is -0.419. The molecule has 9 heteroatoms. The fourth-order valence-electron chi connectivity index (χ4n) is 3.28. The van der Waals surface area contributed by atoms with Crippen LogP contribution in [0.3, 0.4) is 0 Å². The molecule has 0 saturated carbocycles. The second-order valence-corrected chi connectivity index (χ2v) is 6.60. The zero-order valence-electron chi connectivity index (χ0n) is 15.9. The summed E-state index contributed by atoms with van der Waals surface area (Å²) in [6, 6.07) is 15.6. The van der Waals surface area contributed by atoms with Gasteiger partial charge in [-0.3, -0.25) is 0 Å². The molecule has 0 aliphatic carbocycles. The molecular formula is C22H16F3NO5. The van der Waals surface area contributed by atoms with Crippen LogP contribution in [0.2, 0.25) is 0 Å². The number of carboxylic acids is 1. The van der Waals surface area contributed by atoms with Crippen molar-refractivity contribution in [2.24, 2.45) is 0 Å². The molecule has 0 aliphatic heterocycles. The maximum absolute atomic E-state index is 12.2. The Morgan fingerprint density at radius 3 is 2.42 bits per heavy atom. The van der Waals surface area contributed by atoms with Crippen LogP contribution >= 0.6 is 0 Å². The van der Waals surface area contributed by atoms with E-state index in [0.717, 1.165) is 23.1 Å². The van der Waals surface area contributed by atoms with Crippen LogP contribution in [-0.4, -0.2) is 28.6 Å². The molecular weight excluding hydrogens is 415 g/mol. The van der Waals surface area contributed by atoms with Gasteiger partial charge in [0.1, 0.15) is 29.6 Å². The highest BCUT2D eigenvalue weighted by Gasteiger charge is 2.31. The molecule has 2 heterocycles. The first-order valence-electron chi connectivity index (χ1n) is 9.19. The van der Waals surface area contributed by atoms with Crippen molar-refractivity contribution in [3.8, 4) is 22.8 Å². The van der Waals surface area contributed by atoms with Crippen molar-refractivity contribution in [3.05, 3.63) is 72.6 Å². The van der Waals surface area contributed by atoms with Crippen molar-refractivity contribution in [1.29, 1.82) is 0 Å². The molecule has 0 fully saturated rings. The second kappa shape index (κ2) is 8.10. The highest BCUT2D eigenvalue weighted by atomic mass is 19.4. The van der Waals surface area contributed by atoms with Crippen molar-refractivity contribution >= 4 is 16.9 Å². The first-order chi connectivity index (χ1) is 14.8. The van der Waals surface area contributed by atoms with E-state index in [4.69, 9.17) is 9.15 Å². The number of aromatic carboxylic acids is 1. The number of halogens is 3. The van der Waals surface area contributed by atoms with Crippen LogP contribution in [-0.2, 0) is 6.54 Å². The Balaban J connectivity index is 1.50. The third-order valence-electron chi connectivity index (χ3n) is 4.57. The van der Waals surface area contributed by atoms with Gasteiger partial charge in [0.15, 0.2) is 0 Å². The first kappa shape index (κ1) is 20.4. The van der Waals surface area contributed by atoms with Gasteiger partial charge in [-0.15, -0.1) is 13.2 Å². The maximum atomic E-state index is 12.2. The van der Waals surface area contributed by atoms with Crippen molar-refractivity contribution in [1.82, 2.24) is 4.57 Å². The van der Waals surface area contributed by atoms with Gasteiger partial charge in [-0.2, -0.15) is 0 Å². The summed E-state index contributed by atoms with van der Waals surface area (Å²) in [5.41, 5.74) is 1.64. The fraction of sp³-hybridized carbons (Fsp3) is 0.136. The molecule has 0 aliphatic rings. The van der Waals surface area contributed by atoms with Crippen LogP contribution < -0.4 is 9.47 Å². The number of carboxylic acid groups (broad SMARTS) is 1. The number of carbonyl (C=O) groups is 1. The number of furan rings is 1. The van der Waals surface area contributed by atoms with Crippen LogP contribution in [0.5, 0.6) is 11.5 Å². The maximum Gasteiger partial charge on any atom is 0.573 e. The van der Waals surface area contributed by atoms with E-state index in [9.17, 15) is 23.1 Å². The molecule has 0 bridgehead atoms. The zero-order chi connectivity index (χ0) is 22.0. The topological polar surface area (TPSA) is 73.8 Å². The lowest BCUT2D eigenvalue weighted by atomic mass is 10.1. The molecule has 160 valence electrons. The SMILES string of the molecule is O=C(O)c1cc2cc(-c3ccco3)ccc2n1CCOc1ccc(OC(F)(F)F)cc1. The Kier molecular flexibility index (Phi) is 5.33. The summed E-state index contributed by atoms with van der Waals surface area (Å²) in [5, 5.41) is 10.3. The van der Waals surface area contributed by atoms with Gasteiger partial charge in [0.25, 0.3) is 0 Å². The van der Waals surface area contributed by atoms with Gasteiger partial charge in [0.2, 0.25) is 0 Å². The highest BCUT2D eigenvalue weighted by molar-refractivity contribution is 5.96. The molecule has 0 atom stereocenters. The molecule has 4 aromatic rings. The molecule has 31 heavy (non-hydrogen) atoms. The number of benzene rings is 2. The normalized spacial score (nSPS) is 11.6. The number of rotatable bonds is 7. The number of aromatic nitrogens is 1. The average molecular weight is 431 g/mol. The van der Waals surface area contributed by atoms with E-state index in [1.165, 1.54) is 12.1 Å². The third kappa shape index (κ3) is 4.66. The Labute approximate surface area is 174 Å². The van der Waals surface area contributed by atoms with Crippen molar-refractivity contribution in [2.75, 3.05) is 6.61 Å². The summed E-state index contributed by atoms with van der Waals surface area (Å²) >= 11 is 0. The van der Waals surface area contributed by atoms with Gasteiger partial charge in [-0.1, -0.05) is 0 Å². The number of alkyl halides is 3. The molecule has 0 radical (unpaired) electrons. The molecule has 4 rings (SSSR count). The first-order valence-corrected chi connectivity index (χ1v) is 9.19. The van der Waals surface area contributed by atoms with Crippen LogP contribution in [0.25, 0.3) is 22.2 Å². The predicted molar refractivity (Wildman–Crippen MR) is 105 cm³/mol. The molecule has 2 aromatic carbocycles. The Bertz CT molecular complexity index is 1190. The fourth-order valence-corrected chi connectivity index (χ4v) is 3.28. The molecule has 2 aromatic heterocycles. The summed E-state index contributed by atoms with van der Waals surface area (Å²) in [6.07, 6.45) is -3.20. The number of fused-ring (bicyclic) bond motifs is 1. The van der Waals surface area contributed by atoms with Gasteiger partial charge < -0.3 is 23.6 Å². The summed E-state index contributed by atoms with van der Waals surface area (Å²) in [4.78, 5) is 11.7. The lowest BCUT2D eigenvalue weighted by molar-refractivity contribution is -0.274. The van der Waals surface area contributed by atoms with Gasteiger partial charge in [0, 0.05) is 16.5 Å². The van der Waals surface area contributed by atoms with Crippen molar-refractivity contribution < 1.29 is 37.0 Å². The van der Waals surface area contributed by atoms with Crippen LogP contribution in [0.15, 0.2) is 71.3 Å². The molecule has 1 N–H and O–H groups in total. The molecule has 0 amide bonds. The lowest BCUT2D eigenvalue weighted by Crippen LogP contribution is -2.17. The Morgan fingerprint density at radius 2 is 1.77 bits per heavy atom. The minimum absolute atomic E-state index is 0.101. The number of hydrogen-bond acceptors (Lipinski definition) is 4. The summed E-state index contributed by atoms with van der Waals surface area (Å²) < 4.78 is 53.1. The Morgan fingerprint density at radius 1 is 1.03 bits per heavy atom. The van der Waals surface area contributed by atoms with E-state index in [1.807, 2.05) is 24.3 Å². The highest BCUT2D eigenvalue weighted by Crippen LogP contribution is 2.28. The van der Waals surface area contributed by atoms with E-state index < -0.39 is 12.3 Å². The number of nitrogens with zero attached hydrogens (tertiary/aromatic N) is 1. The van der Waals surface area contributed by atoms with Crippen molar-refractivity contribution in [3.63, 3.8) is 0 Å². The van der Waals surface area contributed by atoms with Gasteiger partial charge in [0.05, 0.1) is 12.8 Å². The van der Waals surface area contributed by atoms with E-state index >= 15 is 0 Å². The summed E-state index contributed by atoms with van der Waals surface area (Å²) in [7, 11) is 0. The van der Waals surface area contributed by atoms with E-state index in [-0.39, 0.29) is 24.6 Å². The van der Waals surface area contributed by atoms with Gasteiger partial charge >= 0.3 is 12.3 Å². The third-order valence-corrected chi connectivity index (χ3v) is 4.57. The second-order valence-electron chi connectivity index (χ2n) is 6.60. The summed E-state index contributed by atoms with van der Waals surface area (Å²) in [6.45, 7) is 0.343. The van der Waals surface area contributed by atoms with Crippen LogP contribution in [0.4, 0.5) is 13.2 Å². The van der Waals surface area contributed by atoms with Gasteiger partial charge in [-0.05, 0) is 60.7 Å². The monoisotopic (exact) mass is 431 g/mol. The smallest absolute Gasteiger partial charge is 0.492 e. The molecule has 0 spiro atoms. The van der Waals surface area contributed by atoms with E-state index in [1.54, 1.807) is 23.0 Å². The van der Waals surface area contributed by atoms with Crippen LogP contribution in [0, 0.1) is 0 Å². The number of ether oxygens (including phenoxy) is 2. The number of hydrogen-bond donors (Lipinski definition) is 1. The predicted octanol–water partition coefficient (Wildman–Crippen LogP) is 5.58.